The van der Waals surface area contributed by atoms with Gasteiger partial charge in [0.2, 0.25) is 0 Å². The maximum absolute atomic E-state index is 5.72. The monoisotopic (exact) mass is 339 g/mol. The summed E-state index contributed by atoms with van der Waals surface area (Å²) in [7, 11) is 2.11. The predicted octanol–water partition coefficient (Wildman–Crippen LogP) is 2.71. The summed E-state index contributed by atoms with van der Waals surface area (Å²) in [6.45, 7) is 2.72. The first-order valence-corrected chi connectivity index (χ1v) is 8.22. The number of hydrogen-bond acceptors (Lipinski definition) is 4. The Morgan fingerprint density at radius 3 is 3.00 bits per heavy atom. The van der Waals surface area contributed by atoms with Crippen molar-refractivity contribution >= 4 is 21.7 Å². The van der Waals surface area contributed by atoms with Gasteiger partial charge >= 0.3 is 0 Å². The van der Waals surface area contributed by atoms with Gasteiger partial charge in [0.1, 0.15) is 5.82 Å². The fourth-order valence-electron chi connectivity index (χ4n) is 2.67. The van der Waals surface area contributed by atoms with Crippen molar-refractivity contribution in [2.24, 2.45) is 0 Å². The van der Waals surface area contributed by atoms with Crippen LogP contribution in [0.4, 0.5) is 5.82 Å². The maximum atomic E-state index is 5.72. The average molecular weight is 340 g/mol. The molecule has 2 aliphatic rings. The van der Waals surface area contributed by atoms with E-state index in [1.807, 2.05) is 6.20 Å². The number of pyridine rings is 1. The Hall–Kier alpha value is -0.650. The zero-order valence-electron chi connectivity index (χ0n) is 11.9. The molecule has 20 heavy (non-hydrogen) atoms. The van der Waals surface area contributed by atoms with Crippen LogP contribution in [-0.2, 0) is 11.3 Å². The van der Waals surface area contributed by atoms with E-state index >= 15 is 0 Å². The Morgan fingerprint density at radius 1 is 1.45 bits per heavy atom. The molecule has 1 saturated heterocycles. The molecule has 0 spiro atoms. The SMILES string of the molecule is CN(CC1CCCO1)c1ncc(Br)cc1CNC1CC1. The number of anilines is 1. The van der Waals surface area contributed by atoms with E-state index in [2.05, 4.69) is 44.2 Å². The Morgan fingerprint density at radius 2 is 2.30 bits per heavy atom. The van der Waals surface area contributed by atoms with Crippen LogP contribution in [0.5, 0.6) is 0 Å². The van der Waals surface area contributed by atoms with Gasteiger partial charge in [0.15, 0.2) is 0 Å². The number of nitrogens with zero attached hydrogens (tertiary/aromatic N) is 2. The molecule has 2 fully saturated rings. The van der Waals surface area contributed by atoms with Crippen molar-refractivity contribution in [2.45, 2.75) is 44.4 Å². The number of likely N-dealkylation sites (N-methyl/N-ethyl adjacent to an activating group) is 1. The normalized spacial score (nSPS) is 22.2. The van der Waals surface area contributed by atoms with E-state index in [1.165, 1.54) is 24.8 Å². The van der Waals surface area contributed by atoms with Crippen molar-refractivity contribution in [1.29, 1.82) is 0 Å². The van der Waals surface area contributed by atoms with Gasteiger partial charge in [-0.15, -0.1) is 0 Å². The molecule has 1 aromatic rings. The van der Waals surface area contributed by atoms with Gasteiger partial charge in [0, 0.05) is 49.0 Å². The molecule has 1 aromatic heterocycles. The molecule has 110 valence electrons. The van der Waals surface area contributed by atoms with Gasteiger partial charge in [0.05, 0.1) is 6.10 Å². The topological polar surface area (TPSA) is 37.4 Å². The van der Waals surface area contributed by atoms with Crippen molar-refractivity contribution in [2.75, 3.05) is 25.1 Å². The minimum absolute atomic E-state index is 0.356. The lowest BCUT2D eigenvalue weighted by Gasteiger charge is -2.24. The summed E-state index contributed by atoms with van der Waals surface area (Å²) >= 11 is 3.52. The number of hydrogen-bond donors (Lipinski definition) is 1. The van der Waals surface area contributed by atoms with E-state index in [0.717, 1.165) is 36.4 Å². The molecule has 1 N–H and O–H groups in total. The van der Waals surface area contributed by atoms with Crippen molar-refractivity contribution in [1.82, 2.24) is 10.3 Å². The van der Waals surface area contributed by atoms with Crippen LogP contribution >= 0.6 is 15.9 Å². The highest BCUT2D eigenvalue weighted by Gasteiger charge is 2.22. The summed E-state index contributed by atoms with van der Waals surface area (Å²) in [6, 6.07) is 2.88. The van der Waals surface area contributed by atoms with Gasteiger partial charge in [-0.3, -0.25) is 0 Å². The van der Waals surface area contributed by atoms with Crippen molar-refractivity contribution in [3.05, 3.63) is 22.3 Å². The van der Waals surface area contributed by atoms with E-state index < -0.39 is 0 Å². The molecule has 0 amide bonds. The maximum Gasteiger partial charge on any atom is 0.132 e. The Kier molecular flexibility index (Phi) is 4.58. The van der Waals surface area contributed by atoms with Gasteiger partial charge in [-0.1, -0.05) is 0 Å². The van der Waals surface area contributed by atoms with Crippen LogP contribution in [-0.4, -0.2) is 37.3 Å². The standard InChI is InChI=1S/C15H22BrN3O/c1-19(10-14-3-2-6-20-14)15-11(7-12(16)9-18-15)8-17-13-4-5-13/h7,9,13-14,17H,2-6,8,10H2,1H3. The Balaban J connectivity index is 1.68. The molecule has 0 bridgehead atoms. The third-order valence-corrected chi connectivity index (χ3v) is 4.36. The fourth-order valence-corrected chi connectivity index (χ4v) is 3.05. The lowest BCUT2D eigenvalue weighted by molar-refractivity contribution is 0.116. The van der Waals surface area contributed by atoms with E-state index in [0.29, 0.717) is 12.1 Å². The van der Waals surface area contributed by atoms with Crippen LogP contribution in [0.25, 0.3) is 0 Å². The molecule has 1 atom stereocenters. The van der Waals surface area contributed by atoms with Crippen molar-refractivity contribution < 1.29 is 4.74 Å². The Labute approximate surface area is 129 Å². The second-order valence-electron chi connectivity index (χ2n) is 5.81. The summed E-state index contributed by atoms with van der Waals surface area (Å²) in [5.74, 6) is 1.07. The van der Waals surface area contributed by atoms with E-state index in [1.54, 1.807) is 0 Å². The number of halogens is 1. The highest BCUT2D eigenvalue weighted by atomic mass is 79.9. The van der Waals surface area contributed by atoms with Crippen LogP contribution in [0.15, 0.2) is 16.7 Å². The second kappa shape index (κ2) is 6.41. The summed E-state index contributed by atoms with van der Waals surface area (Å²) in [4.78, 5) is 6.83. The number of ether oxygens (including phenoxy) is 1. The van der Waals surface area contributed by atoms with Crippen LogP contribution in [0.1, 0.15) is 31.2 Å². The zero-order valence-corrected chi connectivity index (χ0v) is 13.5. The van der Waals surface area contributed by atoms with Gasteiger partial charge in [0.25, 0.3) is 0 Å². The molecule has 3 rings (SSSR count). The minimum atomic E-state index is 0.356. The quantitative estimate of drug-likeness (QED) is 0.864. The first kappa shape index (κ1) is 14.3. The molecule has 0 radical (unpaired) electrons. The summed E-state index contributed by atoms with van der Waals surface area (Å²) < 4.78 is 6.76. The smallest absolute Gasteiger partial charge is 0.132 e. The summed E-state index contributed by atoms with van der Waals surface area (Å²) in [5, 5.41) is 3.57. The molecular weight excluding hydrogens is 318 g/mol. The number of nitrogens with one attached hydrogen (secondary N) is 1. The van der Waals surface area contributed by atoms with Crippen LogP contribution in [0.2, 0.25) is 0 Å². The second-order valence-corrected chi connectivity index (χ2v) is 6.72. The van der Waals surface area contributed by atoms with E-state index in [-0.39, 0.29) is 0 Å². The molecule has 4 nitrogen and oxygen atoms in total. The fraction of sp³-hybridized carbons (Fsp3) is 0.667. The van der Waals surface area contributed by atoms with Crippen molar-refractivity contribution in [3.63, 3.8) is 0 Å². The van der Waals surface area contributed by atoms with Crippen LogP contribution < -0.4 is 10.2 Å². The zero-order chi connectivity index (χ0) is 13.9. The molecule has 1 saturated carbocycles. The third-order valence-electron chi connectivity index (χ3n) is 3.93. The largest absolute Gasteiger partial charge is 0.376 e. The molecule has 1 aliphatic carbocycles. The van der Waals surface area contributed by atoms with Crippen molar-refractivity contribution in [3.8, 4) is 0 Å². The lowest BCUT2D eigenvalue weighted by Crippen LogP contribution is -2.30. The molecular formula is C15H22BrN3O. The van der Waals surface area contributed by atoms with Gasteiger partial charge < -0.3 is 15.0 Å². The number of rotatable bonds is 6. The van der Waals surface area contributed by atoms with Gasteiger partial charge in [-0.25, -0.2) is 4.98 Å². The lowest BCUT2D eigenvalue weighted by atomic mass is 10.2. The van der Waals surface area contributed by atoms with Gasteiger partial charge in [-0.2, -0.15) is 0 Å². The first-order valence-electron chi connectivity index (χ1n) is 7.43. The van der Waals surface area contributed by atoms with Gasteiger partial charge in [-0.05, 0) is 47.7 Å². The average Bonchev–Trinajstić information content (AvgIpc) is 3.13. The molecule has 1 unspecified atom stereocenters. The Bertz CT molecular complexity index is 458. The predicted molar refractivity (Wildman–Crippen MR) is 84.0 cm³/mol. The highest BCUT2D eigenvalue weighted by Crippen LogP contribution is 2.25. The minimum Gasteiger partial charge on any atom is -0.376 e. The number of aromatic nitrogens is 1. The first-order chi connectivity index (χ1) is 9.72. The third kappa shape index (κ3) is 3.71. The van der Waals surface area contributed by atoms with E-state index in [4.69, 9.17) is 4.74 Å². The van der Waals surface area contributed by atoms with E-state index in [9.17, 15) is 0 Å². The summed E-state index contributed by atoms with van der Waals surface area (Å²) in [5.41, 5.74) is 1.26. The van der Waals surface area contributed by atoms with Crippen LogP contribution in [0.3, 0.4) is 0 Å². The molecule has 1 aliphatic heterocycles. The highest BCUT2D eigenvalue weighted by molar-refractivity contribution is 9.10. The molecule has 2 heterocycles. The molecule has 5 heteroatoms. The molecule has 0 aromatic carbocycles. The van der Waals surface area contributed by atoms with Crippen LogP contribution in [0, 0.1) is 0 Å². The summed E-state index contributed by atoms with van der Waals surface area (Å²) in [6.07, 6.45) is 7.20.